The first-order valence-corrected chi connectivity index (χ1v) is 7.61. The van der Waals surface area contributed by atoms with E-state index in [2.05, 4.69) is 4.90 Å². The molecule has 0 saturated carbocycles. The molecule has 2 aromatic carbocycles. The van der Waals surface area contributed by atoms with Gasteiger partial charge in [-0.3, -0.25) is 10.1 Å². The molecule has 102 valence electrons. The van der Waals surface area contributed by atoms with Crippen LogP contribution < -0.4 is 4.90 Å². The zero-order chi connectivity index (χ0) is 14.1. The van der Waals surface area contributed by atoms with E-state index in [-0.39, 0.29) is 10.3 Å². The molecule has 2 unspecified atom stereocenters. The van der Waals surface area contributed by atoms with Crippen molar-refractivity contribution >= 4 is 21.7 Å². The lowest BCUT2D eigenvalue weighted by molar-refractivity contribution is -0.334. The van der Waals surface area contributed by atoms with Crippen LogP contribution in [0, 0.1) is 10.1 Å². The monoisotopic (exact) mass is 286 g/mol. The maximum absolute atomic E-state index is 11.0. The van der Waals surface area contributed by atoms with E-state index in [1.54, 1.807) is 0 Å². The summed E-state index contributed by atoms with van der Waals surface area (Å²) in [6.45, 7) is 0. The average molecular weight is 286 g/mol. The van der Waals surface area contributed by atoms with Crippen molar-refractivity contribution in [1.82, 2.24) is 0 Å². The number of fused-ring (bicyclic) bond motifs is 1. The Morgan fingerprint density at radius 2 is 1.80 bits per heavy atom. The topological polar surface area (TPSA) is 46.4 Å². The summed E-state index contributed by atoms with van der Waals surface area (Å²) in [4.78, 5) is 13.8. The second-order valence-electron chi connectivity index (χ2n) is 4.60. The van der Waals surface area contributed by atoms with Crippen LogP contribution in [0.3, 0.4) is 0 Å². The number of hydrogen-bond donors (Lipinski definition) is 0. The second-order valence-corrected chi connectivity index (χ2v) is 6.44. The summed E-state index contributed by atoms with van der Waals surface area (Å²) in [5.41, 5.74) is 3.41. The summed E-state index contributed by atoms with van der Waals surface area (Å²) >= 11 is 0. The number of nitrogens with zero attached hydrogens (tertiary/aromatic N) is 2. The van der Waals surface area contributed by atoms with Crippen molar-refractivity contribution in [2.75, 3.05) is 11.9 Å². The predicted molar refractivity (Wildman–Crippen MR) is 82.9 cm³/mol. The summed E-state index contributed by atoms with van der Waals surface area (Å²) in [6.07, 6.45) is 0. The van der Waals surface area contributed by atoms with Crippen LogP contribution in [0.25, 0.3) is 0 Å². The summed E-state index contributed by atoms with van der Waals surface area (Å²) in [7, 11) is 1.45. The molecule has 1 aliphatic heterocycles. The van der Waals surface area contributed by atoms with E-state index < -0.39 is 10.5 Å². The minimum absolute atomic E-state index is 0.000926. The Kier molecular flexibility index (Phi) is 3.28. The molecule has 0 bridgehead atoms. The number of hydrogen-bond acceptors (Lipinski definition) is 3. The van der Waals surface area contributed by atoms with Crippen LogP contribution in [-0.4, -0.2) is 17.5 Å². The van der Waals surface area contributed by atoms with Gasteiger partial charge >= 0.3 is 0 Å². The molecule has 4 nitrogen and oxygen atoms in total. The fraction of sp³-hybridized carbons (Fsp3) is 0.133. The van der Waals surface area contributed by atoms with Crippen LogP contribution in [0.4, 0.5) is 5.69 Å². The van der Waals surface area contributed by atoms with E-state index in [1.807, 2.05) is 61.6 Å². The van der Waals surface area contributed by atoms with E-state index in [0.29, 0.717) is 0 Å². The third kappa shape index (κ3) is 2.10. The summed E-state index contributed by atoms with van der Waals surface area (Å²) < 4.78 is 0. The maximum atomic E-state index is 11.0. The third-order valence-electron chi connectivity index (χ3n) is 3.38. The lowest BCUT2D eigenvalue weighted by Crippen LogP contribution is -2.18. The van der Waals surface area contributed by atoms with E-state index in [1.165, 1.54) is 5.49 Å². The van der Waals surface area contributed by atoms with E-state index in [9.17, 15) is 10.1 Å². The predicted octanol–water partition coefficient (Wildman–Crippen LogP) is 3.50. The highest BCUT2D eigenvalue weighted by atomic mass is 32.2. The minimum Gasteiger partial charge on any atom is -0.358 e. The van der Waals surface area contributed by atoms with Crippen LogP contribution in [0.2, 0.25) is 0 Å². The first kappa shape index (κ1) is 12.9. The Bertz CT molecular complexity index is 685. The molecule has 1 heterocycles. The fourth-order valence-electron chi connectivity index (χ4n) is 2.56. The molecule has 20 heavy (non-hydrogen) atoms. The molecule has 3 rings (SSSR count). The van der Waals surface area contributed by atoms with Crippen LogP contribution in [0.5, 0.6) is 0 Å². The molecular weight excluding hydrogens is 272 g/mol. The van der Waals surface area contributed by atoms with Crippen molar-refractivity contribution in [2.45, 2.75) is 10.3 Å². The van der Waals surface area contributed by atoms with Gasteiger partial charge in [-0.2, -0.15) is 0 Å². The van der Waals surface area contributed by atoms with Gasteiger partial charge in [-0.25, -0.2) is 0 Å². The van der Waals surface area contributed by atoms with Gasteiger partial charge in [0.05, 0.1) is 10.6 Å². The molecule has 0 aromatic heterocycles. The first-order chi connectivity index (χ1) is 9.68. The molecule has 0 N–H and O–H groups in total. The Morgan fingerprint density at radius 1 is 1.15 bits per heavy atom. The van der Waals surface area contributed by atoms with Crippen molar-refractivity contribution in [3.63, 3.8) is 0 Å². The molecular formula is C15H14N2O2S. The molecule has 0 radical (unpaired) electrons. The van der Waals surface area contributed by atoms with Gasteiger partial charge < -0.3 is 4.90 Å². The molecule has 0 saturated heterocycles. The molecule has 5 heteroatoms. The Hall–Kier alpha value is -2.14. The van der Waals surface area contributed by atoms with Gasteiger partial charge in [0.1, 0.15) is 5.37 Å². The van der Waals surface area contributed by atoms with E-state index in [0.717, 1.165) is 16.1 Å². The van der Waals surface area contributed by atoms with Gasteiger partial charge in [0, 0.05) is 11.9 Å². The molecule has 1 aliphatic rings. The SMILES string of the molecule is CN1c2ccccc2S(=C[N+](=O)[O-])C1c1ccccc1. The van der Waals surface area contributed by atoms with Gasteiger partial charge in [-0.05, 0) is 17.7 Å². The largest absolute Gasteiger partial charge is 0.358 e. The number of nitro groups is 1. The average Bonchev–Trinajstić information content (AvgIpc) is 2.73. The molecule has 2 aromatic rings. The van der Waals surface area contributed by atoms with Gasteiger partial charge in [0.25, 0.3) is 5.49 Å². The first-order valence-electron chi connectivity index (χ1n) is 6.25. The zero-order valence-corrected chi connectivity index (χ0v) is 11.8. The number of rotatable bonds is 2. The lowest BCUT2D eigenvalue weighted by Gasteiger charge is -2.23. The molecule has 0 spiro atoms. The highest BCUT2D eigenvalue weighted by Crippen LogP contribution is 2.54. The van der Waals surface area contributed by atoms with Gasteiger partial charge in [0.15, 0.2) is 0 Å². The Balaban J connectivity index is 2.18. The van der Waals surface area contributed by atoms with Gasteiger partial charge in [-0.1, -0.05) is 52.9 Å². The van der Waals surface area contributed by atoms with Crippen LogP contribution in [0.15, 0.2) is 59.5 Å². The lowest BCUT2D eigenvalue weighted by atomic mass is 10.2. The standard InChI is InChI=1S/C15H14N2O2S/c1-16-13-9-5-6-10-14(13)20(11-17(18)19)15(16)12-7-3-2-4-8-12/h2-11,15H,1H3. The highest BCUT2D eigenvalue weighted by molar-refractivity contribution is 8.15. The Morgan fingerprint density at radius 3 is 2.50 bits per heavy atom. The third-order valence-corrected chi connectivity index (χ3v) is 5.70. The van der Waals surface area contributed by atoms with Crippen molar-refractivity contribution in [3.05, 3.63) is 70.3 Å². The van der Waals surface area contributed by atoms with Crippen molar-refractivity contribution in [2.24, 2.45) is 0 Å². The fourth-order valence-corrected chi connectivity index (χ4v) is 4.81. The molecule has 0 amide bonds. The number of benzene rings is 2. The van der Waals surface area contributed by atoms with E-state index >= 15 is 0 Å². The Labute approximate surface area is 119 Å². The van der Waals surface area contributed by atoms with Crippen molar-refractivity contribution < 1.29 is 4.92 Å². The van der Waals surface area contributed by atoms with Crippen molar-refractivity contribution in [3.8, 4) is 0 Å². The number of para-hydroxylation sites is 1. The number of anilines is 1. The van der Waals surface area contributed by atoms with E-state index in [4.69, 9.17) is 0 Å². The second kappa shape index (κ2) is 5.09. The summed E-state index contributed by atoms with van der Waals surface area (Å²) in [5, 5.41) is 11.0. The minimum atomic E-state index is -0.549. The molecule has 2 atom stereocenters. The van der Waals surface area contributed by atoms with Crippen molar-refractivity contribution in [1.29, 1.82) is 0 Å². The van der Waals surface area contributed by atoms with Gasteiger partial charge in [0.2, 0.25) is 0 Å². The van der Waals surface area contributed by atoms with Crippen LogP contribution in [0.1, 0.15) is 10.9 Å². The smallest absolute Gasteiger partial charge is 0.265 e. The zero-order valence-electron chi connectivity index (χ0n) is 11.0. The maximum Gasteiger partial charge on any atom is 0.265 e. The summed E-state index contributed by atoms with van der Waals surface area (Å²) in [6, 6.07) is 17.9. The highest BCUT2D eigenvalue weighted by Gasteiger charge is 2.33. The molecule has 0 fully saturated rings. The van der Waals surface area contributed by atoms with Crippen LogP contribution in [-0.2, 0) is 0 Å². The normalized spacial score (nSPS) is 20.9. The van der Waals surface area contributed by atoms with Crippen LogP contribution >= 0.6 is 10.5 Å². The molecule has 0 aliphatic carbocycles. The quantitative estimate of drug-likeness (QED) is 0.482. The summed E-state index contributed by atoms with van der Waals surface area (Å²) in [5.74, 6) is 0. The van der Waals surface area contributed by atoms with Gasteiger partial charge in [-0.15, -0.1) is 0 Å².